The van der Waals surface area contributed by atoms with Gasteiger partial charge >= 0.3 is 33.6 Å². The van der Waals surface area contributed by atoms with E-state index in [1.165, 1.54) is 25.7 Å². The summed E-state index contributed by atoms with van der Waals surface area (Å²) in [5.41, 5.74) is 0. The van der Waals surface area contributed by atoms with Crippen molar-refractivity contribution in [3.8, 4) is 0 Å². The first-order valence-electron chi connectivity index (χ1n) is 36.1. The molecule has 0 amide bonds. The maximum atomic E-state index is 12.9. The van der Waals surface area contributed by atoms with Crippen LogP contribution >= 0.6 is 15.6 Å². The number of aliphatic hydroxyl groups is 2. The van der Waals surface area contributed by atoms with Crippen LogP contribution in [0.3, 0.4) is 0 Å². The Morgan fingerprint density at radius 3 is 0.895 bits per heavy atom. The fraction of sp³-hybridized carbons (Fsp3) is 0.649. The van der Waals surface area contributed by atoms with Crippen molar-refractivity contribution >= 4 is 33.6 Å². The number of aliphatic hydroxyl groups excluding tert-OH is 2. The van der Waals surface area contributed by atoms with E-state index in [9.17, 15) is 43.5 Å². The predicted octanol–water partition coefficient (Wildman–Crippen LogP) is 20.5. The van der Waals surface area contributed by atoms with Crippen molar-refractivity contribution in [3.05, 3.63) is 146 Å². The zero-order chi connectivity index (χ0) is 69.5. The van der Waals surface area contributed by atoms with E-state index in [2.05, 4.69) is 167 Å². The van der Waals surface area contributed by atoms with Gasteiger partial charge in [-0.25, -0.2) is 9.13 Å². The van der Waals surface area contributed by atoms with Crippen LogP contribution in [0.4, 0.5) is 0 Å². The van der Waals surface area contributed by atoms with Gasteiger partial charge in [0, 0.05) is 19.3 Å². The van der Waals surface area contributed by atoms with Crippen molar-refractivity contribution in [3.63, 3.8) is 0 Å². The van der Waals surface area contributed by atoms with Gasteiger partial charge in [0.2, 0.25) is 0 Å². The number of hydrogen-bond donors (Lipinski definition) is 4. The fourth-order valence-electron chi connectivity index (χ4n) is 9.06. The smallest absolute Gasteiger partial charge is 0.463 e. The van der Waals surface area contributed by atoms with Crippen molar-refractivity contribution in [2.24, 2.45) is 0 Å². The van der Waals surface area contributed by atoms with Crippen LogP contribution in [-0.4, -0.2) is 95.9 Å². The molecule has 0 bridgehead atoms. The molecule has 0 saturated carbocycles. The second kappa shape index (κ2) is 69.3. The van der Waals surface area contributed by atoms with Gasteiger partial charge in [0.1, 0.15) is 25.4 Å². The number of phosphoric ester groups is 2. The molecule has 0 heterocycles. The molecule has 0 aliphatic heterocycles. The largest absolute Gasteiger partial charge is 0.472 e. The highest BCUT2D eigenvalue weighted by atomic mass is 31.2. The van der Waals surface area contributed by atoms with Gasteiger partial charge in [-0.3, -0.25) is 32.5 Å². The number of carbonyl (C=O) groups excluding carboxylic acids is 3. The molecule has 0 aromatic carbocycles. The van der Waals surface area contributed by atoms with Crippen LogP contribution in [0.15, 0.2) is 146 Å². The van der Waals surface area contributed by atoms with Crippen molar-refractivity contribution in [1.82, 2.24) is 0 Å². The molecule has 0 rings (SSSR count). The molecule has 0 aromatic rings. The van der Waals surface area contributed by atoms with Gasteiger partial charge in [0.25, 0.3) is 0 Å². The molecule has 0 aliphatic carbocycles. The summed E-state index contributed by atoms with van der Waals surface area (Å²) >= 11 is 0. The molecule has 542 valence electrons. The number of carbonyl (C=O) groups is 3. The Bertz CT molecular complexity index is 2310. The molecule has 0 aromatic heterocycles. The third kappa shape index (κ3) is 70.6. The average Bonchev–Trinajstić information content (AvgIpc) is 1.81. The second-order valence-electron chi connectivity index (χ2n) is 23.6. The lowest BCUT2D eigenvalue weighted by atomic mass is 10.1. The Morgan fingerprint density at radius 2 is 0.558 bits per heavy atom. The maximum Gasteiger partial charge on any atom is 0.472 e. The molecular formula is C77H128O16P2. The molecule has 0 radical (unpaired) electrons. The van der Waals surface area contributed by atoms with Crippen molar-refractivity contribution in [2.45, 2.75) is 283 Å². The van der Waals surface area contributed by atoms with E-state index in [0.717, 1.165) is 180 Å². The van der Waals surface area contributed by atoms with Crippen LogP contribution in [0.5, 0.6) is 0 Å². The van der Waals surface area contributed by atoms with Gasteiger partial charge in [0.05, 0.1) is 26.4 Å². The number of rotatable bonds is 67. The number of phosphoric acid groups is 2. The highest BCUT2D eigenvalue weighted by molar-refractivity contribution is 7.47. The Kier molecular flexibility index (Phi) is 66.0. The summed E-state index contributed by atoms with van der Waals surface area (Å²) in [4.78, 5) is 58.5. The zero-order valence-electron chi connectivity index (χ0n) is 58.8. The van der Waals surface area contributed by atoms with Crippen LogP contribution in [0.25, 0.3) is 0 Å². The standard InChI is InChI=1S/C77H128O16P2/c1-4-7-10-13-16-19-22-25-27-29-31-33-34-35-36-38-40-41-43-46-48-51-54-57-60-63-75(80)87-66-72(78)67-89-94(83,84)90-68-73(79)69-91-95(85,86)92-71-74(93-77(82)65-62-59-56-53-50-45-24-21-18-15-12-9-6-3)70-88-76(81)64-61-58-55-52-49-47-44-42-39-37-32-30-28-26-23-20-17-14-11-8-5-2/h7-8,10-11,16-17,19-21,24-28,31-33,35-37,40-42,44,72-74,78-79H,4-6,9,12-15,18,22-23,29-30,34,38-39,43,45-71H2,1-3H3,(H,83,84)(H,85,86)/b10-7-,11-8-,19-16-,20-17-,24-21-,27-25-,28-26-,33-31-,36-35-,37-32-,41-40-,44-42-. The summed E-state index contributed by atoms with van der Waals surface area (Å²) in [6.07, 6.45) is 83.2. The van der Waals surface area contributed by atoms with Crippen LogP contribution < -0.4 is 0 Å². The second-order valence-corrected chi connectivity index (χ2v) is 26.5. The molecule has 5 unspecified atom stereocenters. The highest BCUT2D eigenvalue weighted by Gasteiger charge is 2.29. The lowest BCUT2D eigenvalue weighted by Gasteiger charge is -2.21. The van der Waals surface area contributed by atoms with Crippen molar-refractivity contribution in [1.29, 1.82) is 0 Å². The number of ether oxygens (including phenoxy) is 3. The molecule has 16 nitrogen and oxygen atoms in total. The molecule has 18 heteroatoms. The number of unbranched alkanes of at least 4 members (excludes halogenated alkanes) is 20. The Balaban J connectivity index is 4.63. The molecule has 0 fully saturated rings. The summed E-state index contributed by atoms with van der Waals surface area (Å²) in [7, 11) is -9.80. The number of hydrogen-bond acceptors (Lipinski definition) is 14. The monoisotopic (exact) mass is 1370 g/mol. The lowest BCUT2D eigenvalue weighted by molar-refractivity contribution is -0.161. The van der Waals surface area contributed by atoms with E-state index in [1.807, 2.05) is 0 Å². The summed E-state index contributed by atoms with van der Waals surface area (Å²) < 4.78 is 60.9. The van der Waals surface area contributed by atoms with E-state index in [0.29, 0.717) is 19.3 Å². The third-order valence-electron chi connectivity index (χ3n) is 14.5. The van der Waals surface area contributed by atoms with Gasteiger partial charge in [-0.2, -0.15) is 0 Å². The predicted molar refractivity (Wildman–Crippen MR) is 389 cm³/mol. The van der Waals surface area contributed by atoms with E-state index in [1.54, 1.807) is 0 Å². The minimum Gasteiger partial charge on any atom is -0.463 e. The Labute approximate surface area is 575 Å². The summed E-state index contributed by atoms with van der Waals surface area (Å²) in [6.45, 7) is 2.36. The Hall–Kier alpha value is -4.57. The van der Waals surface area contributed by atoms with Crippen LogP contribution in [0.1, 0.15) is 265 Å². The van der Waals surface area contributed by atoms with Crippen LogP contribution in [0, 0.1) is 0 Å². The highest BCUT2D eigenvalue weighted by Crippen LogP contribution is 2.45. The van der Waals surface area contributed by atoms with Crippen molar-refractivity contribution in [2.75, 3.05) is 39.6 Å². The summed E-state index contributed by atoms with van der Waals surface area (Å²) in [6, 6.07) is 0. The van der Waals surface area contributed by atoms with Crippen LogP contribution in [0.2, 0.25) is 0 Å². The SMILES string of the molecule is CC/C=C\C/C=C\C/C=C\C/C=C\C/C=C\C/C=C\CCCCCCCCC(=O)OCC(O)COP(=O)(O)OCC(O)COP(=O)(O)OCC(COC(=O)CCCCCCC/C=C\C/C=C\C/C=C\C/C=C\C/C=C\CC)OC(=O)CCCCCCC/C=C\CCCCCC. The van der Waals surface area contributed by atoms with Crippen molar-refractivity contribution < 1.29 is 75.8 Å². The van der Waals surface area contributed by atoms with Gasteiger partial charge in [-0.15, -0.1) is 0 Å². The first-order chi connectivity index (χ1) is 46.2. The van der Waals surface area contributed by atoms with Gasteiger partial charge in [-0.05, 0) is 141 Å². The fourth-order valence-corrected chi connectivity index (χ4v) is 10.6. The molecule has 0 spiro atoms. The van der Waals surface area contributed by atoms with Gasteiger partial charge in [-0.1, -0.05) is 250 Å². The van der Waals surface area contributed by atoms with Gasteiger partial charge < -0.3 is 34.2 Å². The minimum absolute atomic E-state index is 0.0856. The topological polar surface area (TPSA) is 231 Å². The maximum absolute atomic E-state index is 12.9. The molecule has 0 aliphatic rings. The molecular weight excluding hydrogens is 1240 g/mol. The van der Waals surface area contributed by atoms with Crippen LogP contribution in [-0.2, 0) is 55.8 Å². The molecule has 95 heavy (non-hydrogen) atoms. The quantitative estimate of drug-likeness (QED) is 0.0146. The van der Waals surface area contributed by atoms with Gasteiger partial charge in [0.15, 0.2) is 6.10 Å². The van der Waals surface area contributed by atoms with E-state index in [-0.39, 0.29) is 19.3 Å². The lowest BCUT2D eigenvalue weighted by Crippen LogP contribution is -2.30. The summed E-state index contributed by atoms with van der Waals surface area (Å²) in [5.74, 6) is -1.63. The third-order valence-corrected chi connectivity index (χ3v) is 16.4. The Morgan fingerprint density at radius 1 is 0.305 bits per heavy atom. The summed E-state index contributed by atoms with van der Waals surface area (Å²) in [5, 5.41) is 20.6. The molecule has 5 atom stereocenters. The van der Waals surface area contributed by atoms with E-state index in [4.69, 9.17) is 32.3 Å². The van der Waals surface area contributed by atoms with E-state index >= 15 is 0 Å². The molecule has 4 N–H and O–H groups in total. The first kappa shape index (κ1) is 90.4. The number of esters is 3. The minimum atomic E-state index is -4.94. The normalized spacial score (nSPS) is 15.0. The van der Waals surface area contributed by atoms with E-state index < -0.39 is 91.5 Å². The number of allylic oxidation sites excluding steroid dienone is 24. The average molecular weight is 1370 g/mol. The zero-order valence-corrected chi connectivity index (χ0v) is 60.6. The first-order valence-corrected chi connectivity index (χ1v) is 39.1. The molecule has 0 saturated heterocycles.